The van der Waals surface area contributed by atoms with E-state index in [2.05, 4.69) is 6.58 Å². The van der Waals surface area contributed by atoms with Crippen LogP contribution < -0.4 is 0 Å². The molecule has 0 aromatic rings. The average Bonchev–Trinajstić information content (AvgIpc) is 2.92. The van der Waals surface area contributed by atoms with Gasteiger partial charge in [-0.2, -0.15) is 0 Å². The van der Waals surface area contributed by atoms with E-state index in [9.17, 15) is 5.11 Å². The van der Waals surface area contributed by atoms with E-state index in [0.29, 0.717) is 13.0 Å². The summed E-state index contributed by atoms with van der Waals surface area (Å²) in [6.07, 6.45) is -0.133. The van der Waals surface area contributed by atoms with Gasteiger partial charge in [-0.1, -0.05) is 6.08 Å². The maximum absolute atomic E-state index is 11.1. The maximum Gasteiger partial charge on any atom is 0.190 e. The van der Waals surface area contributed by atoms with Gasteiger partial charge in [0.1, 0.15) is 23.9 Å². The Balaban J connectivity index is 1.84. The van der Waals surface area contributed by atoms with Crippen molar-refractivity contribution in [1.29, 1.82) is 0 Å². The monoisotopic (exact) mass is 300 g/mol. The van der Waals surface area contributed by atoms with Crippen molar-refractivity contribution < 1.29 is 28.8 Å². The van der Waals surface area contributed by atoms with Crippen molar-refractivity contribution in [3.63, 3.8) is 0 Å². The Morgan fingerprint density at radius 1 is 1.10 bits per heavy atom. The van der Waals surface area contributed by atoms with Gasteiger partial charge in [-0.3, -0.25) is 0 Å². The largest absolute Gasteiger partial charge is 0.384 e. The summed E-state index contributed by atoms with van der Waals surface area (Å²) in [4.78, 5) is 0. The van der Waals surface area contributed by atoms with Gasteiger partial charge in [0.05, 0.1) is 6.61 Å². The molecule has 3 rings (SSSR count). The van der Waals surface area contributed by atoms with Crippen LogP contribution in [-0.4, -0.2) is 53.5 Å². The zero-order chi connectivity index (χ0) is 15.5. The molecular formula is C15H24O6. The van der Waals surface area contributed by atoms with E-state index >= 15 is 0 Å². The minimum atomic E-state index is -1.24. The quantitative estimate of drug-likeness (QED) is 0.793. The predicted molar refractivity (Wildman–Crippen MR) is 73.4 cm³/mol. The summed E-state index contributed by atoms with van der Waals surface area (Å²) in [7, 11) is 0. The van der Waals surface area contributed by atoms with Crippen LogP contribution in [0.25, 0.3) is 0 Å². The Kier molecular flexibility index (Phi) is 3.48. The van der Waals surface area contributed by atoms with E-state index in [0.717, 1.165) is 0 Å². The molecule has 0 aliphatic carbocycles. The van der Waals surface area contributed by atoms with E-state index in [-0.39, 0.29) is 6.10 Å². The van der Waals surface area contributed by atoms with Crippen LogP contribution in [0.4, 0.5) is 0 Å². The number of ether oxygens (including phenoxy) is 5. The molecule has 3 heterocycles. The Hall–Kier alpha value is -0.500. The molecule has 0 spiro atoms. The van der Waals surface area contributed by atoms with Gasteiger partial charge in [-0.25, -0.2) is 0 Å². The highest BCUT2D eigenvalue weighted by atomic mass is 16.8. The Bertz CT molecular complexity index is 434. The first-order valence-electron chi connectivity index (χ1n) is 7.33. The van der Waals surface area contributed by atoms with Gasteiger partial charge < -0.3 is 28.8 Å². The van der Waals surface area contributed by atoms with Crippen LogP contribution in [-0.2, 0) is 23.7 Å². The third kappa shape index (κ3) is 2.54. The first-order valence-corrected chi connectivity index (χ1v) is 7.33. The predicted octanol–water partition coefficient (Wildman–Crippen LogP) is 1.32. The van der Waals surface area contributed by atoms with Gasteiger partial charge in [-0.05, 0) is 34.1 Å². The van der Waals surface area contributed by atoms with Gasteiger partial charge in [0, 0.05) is 0 Å². The Morgan fingerprint density at radius 2 is 1.81 bits per heavy atom. The molecule has 0 amide bonds. The van der Waals surface area contributed by atoms with Crippen molar-refractivity contribution in [2.45, 2.75) is 75.9 Å². The molecule has 0 aromatic carbocycles. The van der Waals surface area contributed by atoms with E-state index in [4.69, 9.17) is 23.7 Å². The lowest BCUT2D eigenvalue weighted by Crippen LogP contribution is -2.53. The van der Waals surface area contributed by atoms with Crippen LogP contribution in [0.15, 0.2) is 12.7 Å². The molecule has 0 saturated carbocycles. The van der Waals surface area contributed by atoms with Crippen molar-refractivity contribution in [2.75, 3.05) is 6.61 Å². The molecule has 3 fully saturated rings. The number of fused-ring (bicyclic) bond motifs is 1. The molecular weight excluding hydrogens is 276 g/mol. The lowest BCUT2D eigenvalue weighted by Gasteiger charge is -2.35. The number of hydrogen-bond donors (Lipinski definition) is 1. The maximum atomic E-state index is 11.1. The van der Waals surface area contributed by atoms with Crippen molar-refractivity contribution in [3.8, 4) is 0 Å². The van der Waals surface area contributed by atoms with Gasteiger partial charge in [0.25, 0.3) is 0 Å². The van der Waals surface area contributed by atoms with Crippen LogP contribution >= 0.6 is 0 Å². The van der Waals surface area contributed by atoms with Crippen LogP contribution in [0.2, 0.25) is 0 Å². The Labute approximate surface area is 125 Å². The molecule has 3 aliphatic heterocycles. The minimum Gasteiger partial charge on any atom is -0.384 e. The normalized spacial score (nSPS) is 47.5. The molecule has 6 nitrogen and oxygen atoms in total. The highest BCUT2D eigenvalue weighted by molar-refractivity contribution is 5.10. The summed E-state index contributed by atoms with van der Waals surface area (Å²) >= 11 is 0. The first kappa shape index (κ1) is 15.4. The van der Waals surface area contributed by atoms with E-state index in [1.54, 1.807) is 19.9 Å². The van der Waals surface area contributed by atoms with Gasteiger partial charge in [0.2, 0.25) is 0 Å². The zero-order valence-electron chi connectivity index (χ0n) is 13.0. The molecule has 1 unspecified atom stereocenters. The molecule has 21 heavy (non-hydrogen) atoms. The van der Waals surface area contributed by atoms with Gasteiger partial charge >= 0.3 is 0 Å². The van der Waals surface area contributed by atoms with Crippen LogP contribution in [0, 0.1) is 0 Å². The molecule has 0 aromatic heterocycles. The highest BCUT2D eigenvalue weighted by Gasteiger charge is 2.65. The van der Waals surface area contributed by atoms with Gasteiger partial charge in [-0.15, -0.1) is 6.58 Å². The van der Waals surface area contributed by atoms with Gasteiger partial charge in [0.15, 0.2) is 17.9 Å². The fourth-order valence-corrected chi connectivity index (χ4v) is 3.33. The second kappa shape index (κ2) is 4.75. The highest BCUT2D eigenvalue weighted by Crippen LogP contribution is 2.47. The molecule has 5 atom stereocenters. The van der Waals surface area contributed by atoms with E-state index in [1.807, 2.05) is 13.8 Å². The number of hydrogen-bond acceptors (Lipinski definition) is 6. The second-order valence-corrected chi connectivity index (χ2v) is 6.83. The fraction of sp³-hybridized carbons (Fsp3) is 0.867. The summed E-state index contributed by atoms with van der Waals surface area (Å²) in [5.74, 6) is -1.45. The molecule has 0 radical (unpaired) electrons. The average molecular weight is 300 g/mol. The second-order valence-electron chi connectivity index (χ2n) is 6.83. The third-order valence-electron chi connectivity index (χ3n) is 4.16. The molecule has 0 bridgehead atoms. The van der Waals surface area contributed by atoms with Crippen molar-refractivity contribution in [3.05, 3.63) is 12.7 Å². The SMILES string of the molecule is C=CC[C@@]1(O)C([C@H]2COC(C)(C)O2)O[C@@H]2OC(C)(C)O[C@@H]21. The first-order chi connectivity index (χ1) is 9.67. The standard InChI is InChI=1S/C15H24O6/c1-6-7-15(16)10(9-8-17-13(2,3)19-9)18-12-11(15)20-14(4,5)21-12/h6,9-12,16H,1,7-8H2,2-5H3/t9-,10?,11+,12-,15-/m1/s1. The summed E-state index contributed by atoms with van der Waals surface area (Å²) in [5, 5.41) is 11.1. The number of rotatable bonds is 3. The summed E-state index contributed by atoms with van der Waals surface area (Å²) in [5.41, 5.74) is -1.24. The molecule has 1 N–H and O–H groups in total. The van der Waals surface area contributed by atoms with Crippen molar-refractivity contribution in [2.24, 2.45) is 0 Å². The summed E-state index contributed by atoms with van der Waals surface area (Å²) in [6, 6.07) is 0. The minimum absolute atomic E-state index is 0.332. The molecule has 120 valence electrons. The lowest BCUT2D eigenvalue weighted by atomic mass is 9.86. The topological polar surface area (TPSA) is 66.4 Å². The van der Waals surface area contributed by atoms with Crippen LogP contribution in [0.1, 0.15) is 34.1 Å². The summed E-state index contributed by atoms with van der Waals surface area (Å²) in [6.45, 7) is 11.4. The van der Waals surface area contributed by atoms with E-state index in [1.165, 1.54) is 0 Å². The van der Waals surface area contributed by atoms with Crippen LogP contribution in [0.3, 0.4) is 0 Å². The van der Waals surface area contributed by atoms with Crippen molar-refractivity contribution in [1.82, 2.24) is 0 Å². The number of aliphatic hydroxyl groups is 1. The third-order valence-corrected chi connectivity index (χ3v) is 4.16. The van der Waals surface area contributed by atoms with Crippen molar-refractivity contribution >= 4 is 0 Å². The Morgan fingerprint density at radius 3 is 2.38 bits per heavy atom. The lowest BCUT2D eigenvalue weighted by molar-refractivity contribution is -0.247. The smallest absolute Gasteiger partial charge is 0.190 e. The fourth-order valence-electron chi connectivity index (χ4n) is 3.33. The van der Waals surface area contributed by atoms with Crippen LogP contribution in [0.5, 0.6) is 0 Å². The zero-order valence-corrected chi connectivity index (χ0v) is 13.0. The molecule has 3 saturated heterocycles. The summed E-state index contributed by atoms with van der Waals surface area (Å²) < 4.78 is 28.9. The van der Waals surface area contributed by atoms with E-state index < -0.39 is 35.7 Å². The molecule has 6 heteroatoms. The molecule has 3 aliphatic rings.